The predicted octanol–water partition coefficient (Wildman–Crippen LogP) is 0.221. The second-order valence-corrected chi connectivity index (χ2v) is 9.36. The Morgan fingerprint density at radius 3 is 1.82 bits per heavy atom. The number of nitrogens with one attached hydrogen (secondary N) is 2. The maximum Gasteiger partial charge on any atom is 0.392 e. The lowest BCUT2D eigenvalue weighted by Gasteiger charge is -2.46. The number of ether oxygens (including phenoxy) is 2. The first-order chi connectivity index (χ1) is 15.7. The molecule has 0 aliphatic heterocycles. The molecule has 0 heterocycles. The Morgan fingerprint density at radius 2 is 1.38 bits per heavy atom. The van der Waals surface area contributed by atoms with E-state index in [9.17, 15) is 39.4 Å². The van der Waals surface area contributed by atoms with Crippen LogP contribution in [0.25, 0.3) is 0 Å². The van der Waals surface area contributed by atoms with Crippen LogP contribution in [0.15, 0.2) is 0 Å². The number of carbonyl (C=O) groups excluding carboxylic acids is 4. The summed E-state index contributed by atoms with van der Waals surface area (Å²) >= 11 is 0. The average Bonchev–Trinajstić information content (AvgIpc) is 2.64. The van der Waals surface area contributed by atoms with E-state index in [1.807, 2.05) is 13.8 Å². The van der Waals surface area contributed by atoms with Gasteiger partial charge in [-0.25, -0.2) is 9.59 Å². The first kappa shape index (κ1) is 28.7. The number of esters is 2. The van der Waals surface area contributed by atoms with Crippen molar-refractivity contribution < 1.29 is 38.5 Å². The minimum Gasteiger partial charge on any atom is -0.460 e. The molecular formula is C20H32N4O10. The molecule has 192 valence electrons. The molecule has 4 atom stereocenters. The summed E-state index contributed by atoms with van der Waals surface area (Å²) in [4.78, 5) is 68.9. The topological polar surface area (TPSA) is 197 Å². The van der Waals surface area contributed by atoms with E-state index in [0.29, 0.717) is 12.8 Å². The Labute approximate surface area is 196 Å². The molecule has 0 radical (unpaired) electrons. The molecule has 1 aliphatic rings. The zero-order chi connectivity index (χ0) is 26.3. The fraction of sp³-hybridized carbons (Fsp3) is 0.800. The van der Waals surface area contributed by atoms with Crippen LogP contribution in [0.3, 0.4) is 0 Å². The van der Waals surface area contributed by atoms with Crippen molar-refractivity contribution in [3.63, 3.8) is 0 Å². The highest BCUT2D eigenvalue weighted by atomic mass is 16.6. The molecule has 0 aromatic carbocycles. The van der Waals surface area contributed by atoms with E-state index in [0.717, 1.165) is 0 Å². The molecule has 0 saturated heterocycles. The lowest BCUT2D eigenvalue weighted by Crippen LogP contribution is -2.55. The summed E-state index contributed by atoms with van der Waals surface area (Å²) in [5.41, 5.74) is -1.06. The van der Waals surface area contributed by atoms with Crippen molar-refractivity contribution >= 4 is 23.8 Å². The largest absolute Gasteiger partial charge is 0.460 e. The summed E-state index contributed by atoms with van der Waals surface area (Å²) < 4.78 is 9.21. The molecule has 34 heavy (non-hydrogen) atoms. The summed E-state index contributed by atoms with van der Waals surface area (Å²) in [5.74, 6) is -4.76. The highest BCUT2D eigenvalue weighted by molar-refractivity contribution is 6.01. The second kappa shape index (κ2) is 11.7. The number of rotatable bonds is 11. The molecule has 0 bridgehead atoms. The number of hydrogen-bond acceptors (Lipinski definition) is 10. The van der Waals surface area contributed by atoms with E-state index >= 15 is 0 Å². The monoisotopic (exact) mass is 488 g/mol. The molecule has 1 saturated carbocycles. The highest BCUT2D eigenvalue weighted by Crippen LogP contribution is 2.45. The summed E-state index contributed by atoms with van der Waals surface area (Å²) in [5, 5.41) is 27.4. The number of carbonyl (C=O) groups is 4. The lowest BCUT2D eigenvalue weighted by atomic mass is 9.62. The zero-order valence-corrected chi connectivity index (χ0v) is 20.0. The maximum atomic E-state index is 12.5. The quantitative estimate of drug-likeness (QED) is 0.175. The number of nitro groups is 2. The van der Waals surface area contributed by atoms with Gasteiger partial charge in [-0.2, -0.15) is 0 Å². The molecule has 0 aromatic heterocycles. The maximum absolute atomic E-state index is 12.5. The Balaban J connectivity index is 2.96. The van der Waals surface area contributed by atoms with Gasteiger partial charge in [0.05, 0.1) is 13.2 Å². The minimum atomic E-state index is -2.21. The fourth-order valence-electron chi connectivity index (χ4n) is 4.57. The van der Waals surface area contributed by atoms with Crippen LogP contribution in [-0.2, 0) is 28.7 Å². The van der Waals surface area contributed by atoms with Gasteiger partial charge in [0.2, 0.25) is 0 Å². The molecule has 1 fully saturated rings. The van der Waals surface area contributed by atoms with Crippen molar-refractivity contribution in [1.29, 1.82) is 0 Å². The van der Waals surface area contributed by atoms with E-state index in [4.69, 9.17) is 0 Å². The van der Waals surface area contributed by atoms with Crippen molar-refractivity contribution in [2.75, 3.05) is 19.8 Å². The van der Waals surface area contributed by atoms with Gasteiger partial charge in [0.15, 0.2) is 0 Å². The molecule has 1 rings (SSSR count). The van der Waals surface area contributed by atoms with E-state index in [2.05, 4.69) is 20.1 Å². The van der Waals surface area contributed by atoms with Crippen LogP contribution in [0.2, 0.25) is 0 Å². The van der Waals surface area contributed by atoms with Gasteiger partial charge in [0.25, 0.3) is 0 Å². The van der Waals surface area contributed by atoms with Gasteiger partial charge in [-0.3, -0.25) is 29.8 Å². The van der Waals surface area contributed by atoms with Crippen LogP contribution in [0, 0.1) is 31.1 Å². The van der Waals surface area contributed by atoms with Crippen LogP contribution in [0.5, 0.6) is 0 Å². The molecule has 1 aliphatic carbocycles. The summed E-state index contributed by atoms with van der Waals surface area (Å²) in [6.07, 6.45) is 1.25. The van der Waals surface area contributed by atoms with Gasteiger partial charge in [-0.05, 0) is 43.9 Å². The molecule has 0 aromatic rings. The SMILES string of the molecule is CCOC(=O)C(C(=O)NCC1(C)CC(NC(=O)C(C(=O)OCC)[N+](=O)[O-])CC(C)(C)C1)[N+](=O)[O-]. The Hall–Kier alpha value is -3.32. The first-order valence-corrected chi connectivity index (χ1v) is 10.8. The molecule has 0 spiro atoms. The number of nitrogens with zero attached hydrogens (tertiary/aromatic N) is 2. The molecule has 14 heteroatoms. The predicted molar refractivity (Wildman–Crippen MR) is 116 cm³/mol. The van der Waals surface area contributed by atoms with Crippen LogP contribution < -0.4 is 10.6 Å². The average molecular weight is 488 g/mol. The van der Waals surface area contributed by atoms with Gasteiger partial charge < -0.3 is 20.1 Å². The van der Waals surface area contributed by atoms with Gasteiger partial charge in [-0.15, -0.1) is 0 Å². The fourth-order valence-corrected chi connectivity index (χ4v) is 4.57. The lowest BCUT2D eigenvalue weighted by molar-refractivity contribution is -0.496. The van der Waals surface area contributed by atoms with Gasteiger partial charge in [0, 0.05) is 22.4 Å². The van der Waals surface area contributed by atoms with E-state index < -0.39 is 57.1 Å². The third-order valence-corrected chi connectivity index (χ3v) is 5.42. The van der Waals surface area contributed by atoms with Crippen molar-refractivity contribution in [3.8, 4) is 0 Å². The van der Waals surface area contributed by atoms with E-state index in [1.54, 1.807) is 6.92 Å². The molecule has 2 amide bonds. The van der Waals surface area contributed by atoms with Crippen molar-refractivity contribution in [2.24, 2.45) is 10.8 Å². The Kier molecular flexibility index (Phi) is 9.88. The number of hydrogen-bond donors (Lipinski definition) is 2. The van der Waals surface area contributed by atoms with Gasteiger partial charge in [-0.1, -0.05) is 20.8 Å². The van der Waals surface area contributed by atoms with Crippen molar-refractivity contribution in [3.05, 3.63) is 20.2 Å². The third kappa shape index (κ3) is 7.92. The van der Waals surface area contributed by atoms with Crippen LogP contribution in [0.4, 0.5) is 0 Å². The third-order valence-electron chi connectivity index (χ3n) is 5.42. The van der Waals surface area contributed by atoms with Gasteiger partial charge in [0.1, 0.15) is 0 Å². The first-order valence-electron chi connectivity index (χ1n) is 10.8. The molecule has 14 nitrogen and oxygen atoms in total. The Morgan fingerprint density at radius 1 is 0.912 bits per heavy atom. The summed E-state index contributed by atoms with van der Waals surface area (Å²) in [7, 11) is 0. The minimum absolute atomic E-state index is 0.0537. The zero-order valence-electron chi connectivity index (χ0n) is 20.0. The van der Waals surface area contributed by atoms with Crippen molar-refractivity contribution in [2.45, 2.75) is 72.0 Å². The van der Waals surface area contributed by atoms with Crippen molar-refractivity contribution in [1.82, 2.24) is 10.6 Å². The summed E-state index contributed by atoms with van der Waals surface area (Å²) in [6.45, 7) is 8.21. The standard InChI is InChI=1S/C20H32N4O10/c1-6-33-17(27)13(23(29)30)15(25)21-11-20(5)9-12(8-19(3,4)10-20)22-16(26)14(24(31)32)18(28)34-7-2/h12-14H,6-11H2,1-5H3,(H,21,25)(H,22,26). The van der Waals surface area contributed by atoms with Crippen LogP contribution in [0.1, 0.15) is 53.9 Å². The van der Waals surface area contributed by atoms with Gasteiger partial charge >= 0.3 is 35.8 Å². The molecule has 2 N–H and O–H groups in total. The van der Waals surface area contributed by atoms with E-state index in [1.165, 1.54) is 13.8 Å². The smallest absolute Gasteiger partial charge is 0.392 e. The van der Waals surface area contributed by atoms with Crippen LogP contribution >= 0.6 is 0 Å². The molecule has 4 unspecified atom stereocenters. The second-order valence-electron chi connectivity index (χ2n) is 9.36. The van der Waals surface area contributed by atoms with E-state index in [-0.39, 0.29) is 31.6 Å². The van der Waals surface area contributed by atoms with Crippen LogP contribution in [-0.4, -0.2) is 71.5 Å². The highest BCUT2D eigenvalue weighted by Gasteiger charge is 2.46. The Bertz CT molecular complexity index is 830. The molecular weight excluding hydrogens is 456 g/mol. The summed E-state index contributed by atoms with van der Waals surface area (Å²) in [6, 6.07) is -4.99. The number of amides is 2. The normalized spacial score (nSPS) is 23.0.